The van der Waals surface area contributed by atoms with E-state index in [1.54, 1.807) is 13.0 Å². The highest BCUT2D eigenvalue weighted by Crippen LogP contribution is 2.37. The van der Waals surface area contributed by atoms with Crippen LogP contribution in [-0.4, -0.2) is 29.6 Å². The number of benzene rings is 1. The molecule has 2 rings (SSSR count). The molecule has 0 heterocycles. The lowest BCUT2D eigenvalue weighted by Crippen LogP contribution is -2.45. The Bertz CT molecular complexity index is 546. The van der Waals surface area contributed by atoms with Gasteiger partial charge in [0.1, 0.15) is 6.54 Å². The summed E-state index contributed by atoms with van der Waals surface area (Å²) in [6.07, 6.45) is -2.67. The van der Waals surface area contributed by atoms with Crippen LogP contribution in [0.5, 0.6) is 0 Å². The van der Waals surface area contributed by atoms with E-state index in [0.29, 0.717) is 5.02 Å². The second kappa shape index (κ2) is 6.32. The van der Waals surface area contributed by atoms with E-state index in [-0.39, 0.29) is 11.5 Å². The van der Waals surface area contributed by atoms with E-state index < -0.39 is 24.7 Å². The fraction of sp³-hybridized carbons (Fsp3) is 0.500. The highest BCUT2D eigenvalue weighted by molar-refractivity contribution is 14.1. The predicted octanol–water partition coefficient (Wildman–Crippen LogP) is 4.75. The van der Waals surface area contributed by atoms with Crippen LogP contribution in [-0.2, 0) is 0 Å². The summed E-state index contributed by atoms with van der Waals surface area (Å²) in [7, 11) is 0. The quantitative estimate of drug-likeness (QED) is 0.630. The third-order valence-corrected chi connectivity index (χ3v) is 5.15. The first-order valence-corrected chi connectivity index (χ1v) is 7.97. The summed E-state index contributed by atoms with van der Waals surface area (Å²) in [5.41, 5.74) is 0.192. The van der Waals surface area contributed by atoms with Crippen molar-refractivity contribution in [3.8, 4) is 0 Å². The summed E-state index contributed by atoms with van der Waals surface area (Å²) in [4.78, 5) is 13.3. The van der Waals surface area contributed by atoms with Gasteiger partial charge in [0.2, 0.25) is 0 Å². The molecule has 0 spiro atoms. The molecule has 1 saturated carbocycles. The molecular weight excluding hydrogens is 418 g/mol. The lowest BCUT2D eigenvalue weighted by atomic mass is 10.1. The van der Waals surface area contributed by atoms with Gasteiger partial charge in [-0.15, -0.1) is 0 Å². The molecule has 0 bridgehead atoms. The van der Waals surface area contributed by atoms with Crippen molar-refractivity contribution < 1.29 is 18.0 Å². The average molecular weight is 432 g/mol. The third-order valence-electron chi connectivity index (χ3n) is 3.57. The molecule has 1 amide bonds. The molecule has 0 N–H and O–H groups in total. The van der Waals surface area contributed by atoms with Gasteiger partial charge in [0, 0.05) is 15.2 Å². The van der Waals surface area contributed by atoms with Crippen LogP contribution in [0.15, 0.2) is 18.2 Å². The van der Waals surface area contributed by atoms with E-state index in [1.807, 2.05) is 22.6 Å². The van der Waals surface area contributed by atoms with Gasteiger partial charge < -0.3 is 4.90 Å². The number of carbonyl (C=O) groups excluding carboxylic acids is 1. The van der Waals surface area contributed by atoms with E-state index in [4.69, 9.17) is 11.6 Å². The predicted molar refractivity (Wildman–Crippen MR) is 83.4 cm³/mol. The minimum absolute atomic E-state index is 0.163. The van der Waals surface area contributed by atoms with Crippen molar-refractivity contribution >= 4 is 40.1 Å². The van der Waals surface area contributed by atoms with Gasteiger partial charge in [0.15, 0.2) is 0 Å². The number of rotatable bonds is 4. The van der Waals surface area contributed by atoms with Gasteiger partial charge in [-0.3, -0.25) is 4.79 Å². The maximum absolute atomic E-state index is 12.7. The molecule has 1 aromatic carbocycles. The van der Waals surface area contributed by atoms with Gasteiger partial charge in [-0.05, 0) is 66.5 Å². The highest BCUT2D eigenvalue weighted by atomic mass is 127. The Balaban J connectivity index is 2.25. The van der Waals surface area contributed by atoms with E-state index in [9.17, 15) is 18.0 Å². The third kappa shape index (κ3) is 4.48. The fourth-order valence-corrected chi connectivity index (χ4v) is 2.74. The SMILES string of the molecule is CC(C1CC1)N(CC(F)(F)F)C(=O)c1ccc(I)c(Cl)c1. The minimum Gasteiger partial charge on any atom is -0.327 e. The largest absolute Gasteiger partial charge is 0.406 e. The molecule has 1 atom stereocenters. The summed E-state index contributed by atoms with van der Waals surface area (Å²) in [5.74, 6) is -0.458. The average Bonchev–Trinajstić information content (AvgIpc) is 3.21. The second-order valence-corrected chi connectivity index (χ2v) is 6.82. The van der Waals surface area contributed by atoms with Crippen molar-refractivity contribution in [1.29, 1.82) is 0 Å². The van der Waals surface area contributed by atoms with Crippen molar-refractivity contribution in [3.05, 3.63) is 32.4 Å². The molecular formula is C14H14ClF3INO. The smallest absolute Gasteiger partial charge is 0.327 e. The number of alkyl halides is 3. The Hall–Kier alpha value is -0.500. The minimum atomic E-state index is -4.41. The molecule has 1 unspecified atom stereocenters. The number of halogens is 5. The van der Waals surface area contributed by atoms with Crippen molar-refractivity contribution in [2.24, 2.45) is 5.92 Å². The molecule has 1 aliphatic rings. The molecule has 21 heavy (non-hydrogen) atoms. The van der Waals surface area contributed by atoms with E-state index >= 15 is 0 Å². The monoisotopic (exact) mass is 431 g/mol. The lowest BCUT2D eigenvalue weighted by molar-refractivity contribution is -0.144. The summed E-state index contributed by atoms with van der Waals surface area (Å²) in [6, 6.07) is 4.15. The van der Waals surface area contributed by atoms with Gasteiger partial charge in [0.25, 0.3) is 5.91 Å². The number of amides is 1. The van der Waals surface area contributed by atoms with Crippen LogP contribution in [0.4, 0.5) is 13.2 Å². The molecule has 0 aromatic heterocycles. The van der Waals surface area contributed by atoms with Crippen molar-refractivity contribution in [2.75, 3.05) is 6.54 Å². The highest BCUT2D eigenvalue weighted by Gasteiger charge is 2.40. The van der Waals surface area contributed by atoms with E-state index in [2.05, 4.69) is 0 Å². The molecule has 0 saturated heterocycles. The number of hydrogen-bond acceptors (Lipinski definition) is 1. The van der Waals surface area contributed by atoms with Crippen LogP contribution in [0.2, 0.25) is 5.02 Å². The Labute approximate surface area is 139 Å². The standard InChI is InChI=1S/C14H14ClF3INO/c1-8(9-2-3-9)20(7-14(16,17)18)13(21)10-4-5-12(19)11(15)6-10/h4-6,8-9H,2-3,7H2,1H3. The maximum atomic E-state index is 12.7. The molecule has 2 nitrogen and oxygen atoms in total. The summed E-state index contributed by atoms with van der Waals surface area (Å²) in [5, 5.41) is 0.368. The van der Waals surface area contributed by atoms with Crippen molar-refractivity contribution in [3.63, 3.8) is 0 Å². The number of hydrogen-bond donors (Lipinski definition) is 0. The molecule has 1 aliphatic carbocycles. The number of nitrogens with zero attached hydrogens (tertiary/aromatic N) is 1. The molecule has 1 fully saturated rings. The lowest BCUT2D eigenvalue weighted by Gasteiger charge is -2.30. The number of carbonyl (C=O) groups is 1. The second-order valence-electron chi connectivity index (χ2n) is 5.26. The zero-order valence-electron chi connectivity index (χ0n) is 11.3. The van der Waals surface area contributed by atoms with Crippen LogP contribution in [0.25, 0.3) is 0 Å². The van der Waals surface area contributed by atoms with Gasteiger partial charge >= 0.3 is 6.18 Å². The zero-order chi connectivity index (χ0) is 15.8. The van der Waals surface area contributed by atoms with Gasteiger partial charge in [-0.25, -0.2) is 0 Å². The molecule has 7 heteroatoms. The van der Waals surface area contributed by atoms with E-state index in [0.717, 1.165) is 21.3 Å². The first-order chi connectivity index (χ1) is 9.69. The van der Waals surface area contributed by atoms with Gasteiger partial charge in [-0.2, -0.15) is 13.2 Å². The topological polar surface area (TPSA) is 20.3 Å². The van der Waals surface area contributed by atoms with Gasteiger partial charge in [0.05, 0.1) is 5.02 Å². The van der Waals surface area contributed by atoms with Crippen LogP contribution in [0, 0.1) is 9.49 Å². The molecule has 1 aromatic rings. The Kier molecular flexibility index (Phi) is 5.07. The Morgan fingerprint density at radius 1 is 1.48 bits per heavy atom. The summed E-state index contributed by atoms with van der Waals surface area (Å²) < 4.78 is 39.0. The maximum Gasteiger partial charge on any atom is 0.406 e. The molecule has 0 aliphatic heterocycles. The first-order valence-electron chi connectivity index (χ1n) is 6.52. The fourth-order valence-electron chi connectivity index (χ4n) is 2.22. The van der Waals surface area contributed by atoms with Gasteiger partial charge in [-0.1, -0.05) is 11.6 Å². The van der Waals surface area contributed by atoms with Crippen LogP contribution in [0.1, 0.15) is 30.1 Å². The van der Waals surface area contributed by atoms with E-state index in [1.165, 1.54) is 12.1 Å². The zero-order valence-corrected chi connectivity index (χ0v) is 14.2. The normalized spacial score (nSPS) is 16.7. The Morgan fingerprint density at radius 3 is 2.57 bits per heavy atom. The van der Waals surface area contributed by atoms with Crippen molar-refractivity contribution in [1.82, 2.24) is 4.90 Å². The molecule has 116 valence electrons. The van der Waals surface area contributed by atoms with Crippen LogP contribution in [0.3, 0.4) is 0 Å². The van der Waals surface area contributed by atoms with Crippen LogP contribution >= 0.6 is 34.2 Å². The van der Waals surface area contributed by atoms with Crippen molar-refractivity contribution in [2.45, 2.75) is 32.0 Å². The summed E-state index contributed by atoms with van der Waals surface area (Å²) >= 11 is 7.95. The first kappa shape index (κ1) is 16.9. The molecule has 0 radical (unpaired) electrons. The summed E-state index contributed by atoms with van der Waals surface area (Å²) in [6.45, 7) is 0.447. The van der Waals surface area contributed by atoms with Crippen LogP contribution < -0.4 is 0 Å². The Morgan fingerprint density at radius 2 is 2.10 bits per heavy atom.